The van der Waals surface area contributed by atoms with Crippen LogP contribution in [0.25, 0.3) is 10.8 Å². The second-order valence-electron chi connectivity index (χ2n) is 8.33. The van der Waals surface area contributed by atoms with Crippen LogP contribution >= 0.6 is 0 Å². The summed E-state index contributed by atoms with van der Waals surface area (Å²) < 4.78 is 17.9. The largest absolute Gasteiger partial charge is 0.486 e. The van der Waals surface area contributed by atoms with Crippen LogP contribution in [0.1, 0.15) is 27.3 Å². The van der Waals surface area contributed by atoms with Crippen molar-refractivity contribution in [3.05, 3.63) is 132 Å². The van der Waals surface area contributed by atoms with Crippen molar-refractivity contribution in [2.24, 2.45) is 0 Å². The molecule has 0 aliphatic heterocycles. The van der Waals surface area contributed by atoms with Gasteiger partial charge in [-0.05, 0) is 48.4 Å². The van der Waals surface area contributed by atoms with Crippen molar-refractivity contribution in [2.45, 2.75) is 20.1 Å². The van der Waals surface area contributed by atoms with Gasteiger partial charge in [0.2, 0.25) is 0 Å². The average Bonchev–Trinajstić information content (AvgIpc) is 2.93. The third kappa shape index (κ3) is 5.36. The third-order valence-electron chi connectivity index (χ3n) is 5.73. The average molecular weight is 476 g/mol. The van der Waals surface area contributed by atoms with Crippen molar-refractivity contribution in [3.8, 4) is 17.2 Å². The molecule has 1 aromatic heterocycles. The summed E-state index contributed by atoms with van der Waals surface area (Å²) in [6, 6.07) is 34.6. The molecule has 0 fully saturated rings. The van der Waals surface area contributed by atoms with E-state index in [-0.39, 0.29) is 18.9 Å². The van der Waals surface area contributed by atoms with Gasteiger partial charge >= 0.3 is 5.97 Å². The number of ether oxygens (including phenoxy) is 3. The van der Waals surface area contributed by atoms with Crippen molar-refractivity contribution in [1.82, 2.24) is 4.98 Å². The summed E-state index contributed by atoms with van der Waals surface area (Å²) in [5.74, 6) is 1.18. The highest BCUT2D eigenvalue weighted by Crippen LogP contribution is 2.35. The maximum Gasteiger partial charge on any atom is 0.361 e. The lowest BCUT2D eigenvalue weighted by Gasteiger charge is -2.16. The van der Waals surface area contributed by atoms with Gasteiger partial charge in [0.15, 0.2) is 11.4 Å². The number of nitrogens with zero attached hydrogens (tertiary/aromatic N) is 1. The van der Waals surface area contributed by atoms with Crippen molar-refractivity contribution >= 4 is 16.7 Å². The van der Waals surface area contributed by atoms with Crippen LogP contribution in [0.3, 0.4) is 0 Å². The van der Waals surface area contributed by atoms with Crippen LogP contribution in [0.15, 0.2) is 109 Å². The minimum atomic E-state index is -0.540. The van der Waals surface area contributed by atoms with E-state index in [1.807, 2.05) is 116 Å². The summed E-state index contributed by atoms with van der Waals surface area (Å²) in [4.78, 5) is 17.8. The molecule has 178 valence electrons. The zero-order valence-corrected chi connectivity index (χ0v) is 19.9. The topological polar surface area (TPSA) is 57.7 Å². The number of benzene rings is 4. The Kier molecular flexibility index (Phi) is 6.90. The second-order valence-corrected chi connectivity index (χ2v) is 8.33. The lowest BCUT2D eigenvalue weighted by atomic mass is 10.1. The van der Waals surface area contributed by atoms with E-state index in [0.29, 0.717) is 17.2 Å². The minimum absolute atomic E-state index is 0.142. The van der Waals surface area contributed by atoms with Gasteiger partial charge in [-0.2, -0.15) is 0 Å². The molecule has 0 spiro atoms. The SMILES string of the molecule is Cc1nc(C(=O)OCc2ccccc2)c(OCc2ccccc2)c2cc(Oc3ccccc3)ccc12. The van der Waals surface area contributed by atoms with Crippen LogP contribution in [0.5, 0.6) is 17.2 Å². The first-order valence-electron chi connectivity index (χ1n) is 11.7. The van der Waals surface area contributed by atoms with E-state index in [2.05, 4.69) is 4.98 Å². The summed E-state index contributed by atoms with van der Waals surface area (Å²) in [5, 5.41) is 1.61. The molecule has 5 rings (SSSR count). The molecule has 0 aliphatic carbocycles. The minimum Gasteiger partial charge on any atom is -0.486 e. The first kappa shape index (κ1) is 23.1. The fourth-order valence-corrected chi connectivity index (χ4v) is 3.93. The van der Waals surface area contributed by atoms with E-state index < -0.39 is 5.97 Å². The monoisotopic (exact) mass is 475 g/mol. The van der Waals surface area contributed by atoms with E-state index in [4.69, 9.17) is 14.2 Å². The van der Waals surface area contributed by atoms with Gasteiger partial charge < -0.3 is 14.2 Å². The highest BCUT2D eigenvalue weighted by atomic mass is 16.5. The Morgan fingerprint density at radius 3 is 1.97 bits per heavy atom. The Balaban J connectivity index is 1.53. The number of carbonyl (C=O) groups excluding carboxylic acids is 1. The van der Waals surface area contributed by atoms with Gasteiger partial charge in [-0.25, -0.2) is 9.78 Å². The van der Waals surface area contributed by atoms with Gasteiger partial charge in [0.25, 0.3) is 0 Å². The van der Waals surface area contributed by atoms with Crippen LogP contribution in [-0.2, 0) is 18.0 Å². The molecule has 0 bridgehead atoms. The molecule has 1 heterocycles. The van der Waals surface area contributed by atoms with E-state index in [1.165, 1.54) is 0 Å². The van der Waals surface area contributed by atoms with E-state index in [1.54, 1.807) is 0 Å². The molecule has 5 aromatic rings. The Morgan fingerprint density at radius 2 is 1.31 bits per heavy atom. The van der Waals surface area contributed by atoms with Gasteiger partial charge in [0.1, 0.15) is 24.7 Å². The van der Waals surface area contributed by atoms with Gasteiger partial charge in [0.05, 0.1) is 0 Å². The van der Waals surface area contributed by atoms with Gasteiger partial charge in [-0.1, -0.05) is 78.9 Å². The Hall–Kier alpha value is -4.64. The molecule has 36 heavy (non-hydrogen) atoms. The number of esters is 1. The lowest BCUT2D eigenvalue weighted by Crippen LogP contribution is -2.12. The van der Waals surface area contributed by atoms with Crippen molar-refractivity contribution < 1.29 is 19.0 Å². The standard InChI is InChI=1S/C31H25NO4/c1-22-27-18-17-26(36-25-15-9-4-10-16-25)19-28(27)30(34-20-23-11-5-2-6-12-23)29(32-22)31(33)35-21-24-13-7-3-8-14-24/h2-19H,20-21H2,1H3. The molecule has 4 aromatic carbocycles. The molecule has 5 heteroatoms. The predicted molar refractivity (Wildman–Crippen MR) is 139 cm³/mol. The highest BCUT2D eigenvalue weighted by molar-refractivity contribution is 6.00. The number of aryl methyl sites for hydroxylation is 1. The summed E-state index contributed by atoms with van der Waals surface area (Å²) in [5.41, 5.74) is 2.72. The van der Waals surface area contributed by atoms with Crippen LogP contribution in [0.2, 0.25) is 0 Å². The molecule has 0 N–H and O–H groups in total. The van der Waals surface area contributed by atoms with Crippen molar-refractivity contribution in [3.63, 3.8) is 0 Å². The molecule has 5 nitrogen and oxygen atoms in total. The number of aromatic nitrogens is 1. The first-order valence-corrected chi connectivity index (χ1v) is 11.7. The molecule has 0 saturated carbocycles. The maximum atomic E-state index is 13.2. The molecule has 0 amide bonds. The molecule has 0 atom stereocenters. The van der Waals surface area contributed by atoms with Crippen molar-refractivity contribution in [2.75, 3.05) is 0 Å². The predicted octanol–water partition coefficient (Wildman–Crippen LogP) is 7.27. The second kappa shape index (κ2) is 10.7. The number of hydrogen-bond donors (Lipinski definition) is 0. The summed E-state index contributed by atoms with van der Waals surface area (Å²) in [6.45, 7) is 2.30. The zero-order chi connectivity index (χ0) is 24.7. The Morgan fingerprint density at radius 1 is 0.694 bits per heavy atom. The van der Waals surface area contributed by atoms with Crippen LogP contribution in [0, 0.1) is 6.92 Å². The van der Waals surface area contributed by atoms with Gasteiger partial charge in [-0.3, -0.25) is 0 Å². The van der Waals surface area contributed by atoms with Gasteiger partial charge in [-0.15, -0.1) is 0 Å². The van der Waals surface area contributed by atoms with Crippen LogP contribution in [0.4, 0.5) is 0 Å². The molecule has 0 aliphatic rings. The number of para-hydroxylation sites is 1. The fourth-order valence-electron chi connectivity index (χ4n) is 3.93. The molecule has 0 unspecified atom stereocenters. The quantitative estimate of drug-likeness (QED) is 0.221. The number of pyridine rings is 1. The Labute approximate surface area is 209 Å². The summed E-state index contributed by atoms with van der Waals surface area (Å²) >= 11 is 0. The molecule has 0 radical (unpaired) electrons. The zero-order valence-electron chi connectivity index (χ0n) is 19.9. The Bertz CT molecular complexity index is 1470. The molecular weight excluding hydrogens is 450 g/mol. The highest BCUT2D eigenvalue weighted by Gasteiger charge is 2.22. The van der Waals surface area contributed by atoms with E-state index >= 15 is 0 Å². The number of hydrogen-bond acceptors (Lipinski definition) is 5. The van der Waals surface area contributed by atoms with Gasteiger partial charge in [0, 0.05) is 16.5 Å². The fraction of sp³-hybridized carbons (Fsp3) is 0.0968. The smallest absolute Gasteiger partial charge is 0.361 e. The third-order valence-corrected chi connectivity index (χ3v) is 5.73. The normalized spacial score (nSPS) is 10.7. The van der Waals surface area contributed by atoms with Crippen LogP contribution < -0.4 is 9.47 Å². The maximum absolute atomic E-state index is 13.2. The van der Waals surface area contributed by atoms with Crippen LogP contribution in [-0.4, -0.2) is 11.0 Å². The van der Waals surface area contributed by atoms with E-state index in [0.717, 1.165) is 27.6 Å². The number of fused-ring (bicyclic) bond motifs is 1. The number of rotatable bonds is 8. The van der Waals surface area contributed by atoms with Crippen molar-refractivity contribution in [1.29, 1.82) is 0 Å². The first-order chi connectivity index (χ1) is 17.7. The number of carbonyl (C=O) groups is 1. The van der Waals surface area contributed by atoms with E-state index in [9.17, 15) is 4.79 Å². The molecule has 0 saturated heterocycles. The molecular formula is C31H25NO4. The lowest BCUT2D eigenvalue weighted by molar-refractivity contribution is 0.0460. The summed E-state index contributed by atoms with van der Waals surface area (Å²) in [7, 11) is 0. The summed E-state index contributed by atoms with van der Waals surface area (Å²) in [6.07, 6.45) is 0.